The summed E-state index contributed by atoms with van der Waals surface area (Å²) >= 11 is 0. The summed E-state index contributed by atoms with van der Waals surface area (Å²) in [5, 5.41) is 0. The zero-order valence-corrected chi connectivity index (χ0v) is 22.5. The molecule has 0 heteroatoms. The van der Waals surface area contributed by atoms with Crippen molar-refractivity contribution in [2.75, 3.05) is 0 Å². The van der Waals surface area contributed by atoms with E-state index in [0.717, 1.165) is 53.3 Å². The topological polar surface area (TPSA) is 0 Å². The second kappa shape index (κ2) is 8.75. The Bertz CT molecular complexity index is 697. The third-order valence-corrected chi connectivity index (χ3v) is 11.9. The number of rotatable bonds is 5. The zero-order chi connectivity index (χ0) is 22.7. The monoisotopic (exact) mass is 438 g/mol. The molecule has 0 saturated heterocycles. The Labute approximate surface area is 200 Å². The molecule has 0 bridgehead atoms. The summed E-state index contributed by atoms with van der Waals surface area (Å²) in [7, 11) is 0. The van der Waals surface area contributed by atoms with Gasteiger partial charge < -0.3 is 0 Å². The molecule has 0 spiro atoms. The van der Waals surface area contributed by atoms with E-state index in [-0.39, 0.29) is 0 Å². The van der Waals surface area contributed by atoms with Crippen molar-refractivity contribution in [3.63, 3.8) is 0 Å². The minimum atomic E-state index is 0.563. The second-order valence-corrected chi connectivity index (χ2v) is 14.7. The van der Waals surface area contributed by atoms with Gasteiger partial charge in [-0.1, -0.05) is 78.9 Å². The molecule has 32 heavy (non-hydrogen) atoms. The molecule has 0 aromatic rings. The minimum Gasteiger partial charge on any atom is -0.0808 e. The molecule has 182 valence electrons. The molecular weight excluding hydrogens is 384 g/mol. The van der Waals surface area contributed by atoms with Crippen LogP contribution in [0.2, 0.25) is 0 Å². The highest BCUT2D eigenvalue weighted by atomic mass is 14.6. The quantitative estimate of drug-likeness (QED) is 0.375. The van der Waals surface area contributed by atoms with Gasteiger partial charge in [-0.15, -0.1) is 0 Å². The van der Waals surface area contributed by atoms with Crippen LogP contribution in [0.15, 0.2) is 11.6 Å². The van der Waals surface area contributed by atoms with Crippen LogP contribution in [0.4, 0.5) is 0 Å². The third kappa shape index (κ3) is 3.96. The summed E-state index contributed by atoms with van der Waals surface area (Å²) in [6.45, 7) is 15.2. The molecule has 0 nitrogen and oxygen atoms in total. The molecule has 5 aliphatic carbocycles. The van der Waals surface area contributed by atoms with Crippen molar-refractivity contribution >= 4 is 0 Å². The predicted octanol–water partition coefficient (Wildman–Crippen LogP) is 9.69. The van der Waals surface area contributed by atoms with Crippen LogP contribution < -0.4 is 0 Å². The van der Waals surface area contributed by atoms with Crippen molar-refractivity contribution in [3.05, 3.63) is 11.6 Å². The van der Waals surface area contributed by atoms with Crippen molar-refractivity contribution in [1.29, 1.82) is 0 Å². The van der Waals surface area contributed by atoms with Gasteiger partial charge in [0.25, 0.3) is 0 Å². The van der Waals surface area contributed by atoms with Crippen LogP contribution in [0.1, 0.15) is 125 Å². The Morgan fingerprint density at radius 2 is 1.75 bits per heavy atom. The molecule has 0 aromatic heterocycles. The highest BCUT2D eigenvalue weighted by Crippen LogP contribution is 2.67. The van der Waals surface area contributed by atoms with Gasteiger partial charge in [-0.3, -0.25) is 0 Å². The van der Waals surface area contributed by atoms with Crippen LogP contribution in [-0.4, -0.2) is 0 Å². The van der Waals surface area contributed by atoms with Gasteiger partial charge in [0.1, 0.15) is 0 Å². The number of hydrogen-bond donors (Lipinski definition) is 0. The van der Waals surface area contributed by atoms with E-state index in [2.05, 4.69) is 47.6 Å². The van der Waals surface area contributed by atoms with Crippen molar-refractivity contribution in [2.24, 2.45) is 64.1 Å². The fourth-order valence-corrected chi connectivity index (χ4v) is 10.3. The van der Waals surface area contributed by atoms with E-state index in [1.54, 1.807) is 19.3 Å². The number of fused-ring (bicyclic) bond motifs is 7. The first-order chi connectivity index (χ1) is 15.2. The molecule has 9 atom stereocenters. The molecule has 5 rings (SSSR count). The Morgan fingerprint density at radius 3 is 2.50 bits per heavy atom. The maximum absolute atomic E-state index is 3.02. The molecule has 0 N–H and O–H groups in total. The van der Waals surface area contributed by atoms with E-state index >= 15 is 0 Å². The Morgan fingerprint density at radius 1 is 0.938 bits per heavy atom. The van der Waals surface area contributed by atoms with E-state index in [4.69, 9.17) is 0 Å². The van der Waals surface area contributed by atoms with Crippen LogP contribution in [-0.2, 0) is 0 Å². The third-order valence-electron chi connectivity index (χ3n) is 11.9. The van der Waals surface area contributed by atoms with Gasteiger partial charge >= 0.3 is 0 Å². The fourth-order valence-electron chi connectivity index (χ4n) is 10.3. The lowest BCUT2D eigenvalue weighted by atomic mass is 9.48. The Hall–Kier alpha value is -0.260. The molecule has 0 heterocycles. The van der Waals surface area contributed by atoms with E-state index in [1.807, 2.05) is 5.57 Å². The van der Waals surface area contributed by atoms with E-state index in [1.165, 1.54) is 64.2 Å². The number of hydrogen-bond acceptors (Lipinski definition) is 0. The maximum atomic E-state index is 3.02. The summed E-state index contributed by atoms with van der Waals surface area (Å²) in [4.78, 5) is 0. The molecule has 0 aliphatic heterocycles. The molecule has 0 radical (unpaired) electrons. The first-order valence-electron chi connectivity index (χ1n) is 15.0. The normalized spacial score (nSPS) is 46.0. The smallest absolute Gasteiger partial charge is 0.00849 e. The minimum absolute atomic E-state index is 0.563. The zero-order valence-electron chi connectivity index (χ0n) is 22.5. The molecule has 0 amide bonds. The summed E-state index contributed by atoms with van der Waals surface area (Å²) in [5.41, 5.74) is 3.16. The molecule has 4 fully saturated rings. The van der Waals surface area contributed by atoms with Gasteiger partial charge in [-0.05, 0) is 122 Å². The molecule has 4 saturated carbocycles. The van der Waals surface area contributed by atoms with Gasteiger partial charge in [-0.2, -0.15) is 0 Å². The highest BCUT2D eigenvalue weighted by Gasteiger charge is 2.58. The lowest BCUT2D eigenvalue weighted by Crippen LogP contribution is -2.49. The molecule has 0 aromatic carbocycles. The van der Waals surface area contributed by atoms with Gasteiger partial charge in [-0.25, -0.2) is 0 Å². The number of allylic oxidation sites excluding steroid dienone is 2. The average molecular weight is 439 g/mol. The van der Waals surface area contributed by atoms with Crippen molar-refractivity contribution in [1.82, 2.24) is 0 Å². The SMILES string of the molecule is CCC(CCC(C)C)C1C=C2C(CC3CCCCC23C)C2CCC3CC(C)(C)CCC3C12. The molecule has 9 unspecified atom stereocenters. The van der Waals surface area contributed by atoms with Gasteiger partial charge in [0.05, 0.1) is 0 Å². The largest absolute Gasteiger partial charge is 0.0808 e. The fraction of sp³-hybridized carbons (Fsp3) is 0.938. The first kappa shape index (κ1) is 23.5. The lowest BCUT2D eigenvalue weighted by molar-refractivity contribution is -0.0418. The Balaban J connectivity index is 1.52. The van der Waals surface area contributed by atoms with Gasteiger partial charge in [0, 0.05) is 0 Å². The van der Waals surface area contributed by atoms with Crippen LogP contribution in [0, 0.1) is 64.1 Å². The van der Waals surface area contributed by atoms with E-state index in [9.17, 15) is 0 Å². The van der Waals surface area contributed by atoms with Crippen molar-refractivity contribution in [2.45, 2.75) is 125 Å². The van der Waals surface area contributed by atoms with Gasteiger partial charge in [0.2, 0.25) is 0 Å². The molecule has 5 aliphatic rings. The van der Waals surface area contributed by atoms with Crippen molar-refractivity contribution in [3.8, 4) is 0 Å². The summed E-state index contributed by atoms with van der Waals surface area (Å²) in [6.07, 6.45) is 22.5. The van der Waals surface area contributed by atoms with Crippen LogP contribution >= 0.6 is 0 Å². The van der Waals surface area contributed by atoms with Crippen LogP contribution in [0.3, 0.4) is 0 Å². The summed E-state index contributed by atoms with van der Waals surface area (Å²) in [5.74, 6) is 8.74. The van der Waals surface area contributed by atoms with Crippen LogP contribution in [0.25, 0.3) is 0 Å². The van der Waals surface area contributed by atoms with E-state index in [0.29, 0.717) is 10.8 Å². The Kier molecular flexibility index (Phi) is 6.42. The summed E-state index contributed by atoms with van der Waals surface area (Å²) in [6, 6.07) is 0. The lowest BCUT2D eigenvalue weighted by Gasteiger charge is -2.57. The standard InChI is InChI=1S/C32H54/c1-7-22(12-11-21(2)3)27-19-29-28(18-24-10-8-9-16-32(24,29)6)26-14-13-23-20-31(4,5)17-15-25(23)30(26)27/h19,21-28,30H,7-18,20H2,1-6H3. The van der Waals surface area contributed by atoms with Gasteiger partial charge in [0.15, 0.2) is 0 Å². The van der Waals surface area contributed by atoms with E-state index < -0.39 is 0 Å². The predicted molar refractivity (Wildman–Crippen MR) is 138 cm³/mol. The van der Waals surface area contributed by atoms with Crippen LogP contribution in [0.5, 0.6) is 0 Å². The average Bonchev–Trinajstić information content (AvgIpc) is 3.05. The van der Waals surface area contributed by atoms with Crippen molar-refractivity contribution < 1.29 is 0 Å². The summed E-state index contributed by atoms with van der Waals surface area (Å²) < 4.78 is 0. The first-order valence-corrected chi connectivity index (χ1v) is 15.0. The second-order valence-electron chi connectivity index (χ2n) is 14.7. The maximum Gasteiger partial charge on any atom is -0.00849 e. The molecular formula is C32H54. The highest BCUT2D eigenvalue weighted by molar-refractivity contribution is 5.31.